The molecule has 1 aromatic heterocycles. The third kappa shape index (κ3) is 3.41. The molecule has 0 radical (unpaired) electrons. The third-order valence-electron chi connectivity index (χ3n) is 2.33. The average molecular weight is 205 g/mol. The summed E-state index contributed by atoms with van der Waals surface area (Å²) in [5.41, 5.74) is 2.40. The van der Waals surface area contributed by atoms with Gasteiger partial charge in [-0.15, -0.1) is 12.3 Å². The molecular weight excluding hydrogens is 186 g/mol. The van der Waals surface area contributed by atoms with Crippen molar-refractivity contribution in [2.75, 3.05) is 6.54 Å². The van der Waals surface area contributed by atoms with Crippen molar-refractivity contribution in [1.82, 2.24) is 15.1 Å². The Morgan fingerprint density at radius 1 is 1.53 bits per heavy atom. The van der Waals surface area contributed by atoms with E-state index in [1.54, 1.807) is 0 Å². The lowest BCUT2D eigenvalue weighted by Crippen LogP contribution is -2.17. The van der Waals surface area contributed by atoms with Crippen LogP contribution in [0.25, 0.3) is 0 Å². The van der Waals surface area contributed by atoms with E-state index in [1.165, 1.54) is 5.69 Å². The second kappa shape index (κ2) is 6.26. The minimum absolute atomic E-state index is 0.779. The van der Waals surface area contributed by atoms with Gasteiger partial charge in [-0.3, -0.25) is 4.68 Å². The van der Waals surface area contributed by atoms with E-state index < -0.39 is 0 Å². The Labute approximate surface area is 91.9 Å². The molecule has 0 spiro atoms. The van der Waals surface area contributed by atoms with E-state index in [4.69, 9.17) is 6.42 Å². The first kappa shape index (κ1) is 11.8. The van der Waals surface area contributed by atoms with Crippen molar-refractivity contribution < 1.29 is 0 Å². The highest BCUT2D eigenvalue weighted by atomic mass is 15.3. The molecule has 0 fully saturated rings. The van der Waals surface area contributed by atoms with E-state index in [-0.39, 0.29) is 0 Å². The summed E-state index contributed by atoms with van der Waals surface area (Å²) in [6.07, 6.45) is 6.95. The van der Waals surface area contributed by atoms with Crippen LogP contribution in [0.2, 0.25) is 0 Å². The van der Waals surface area contributed by atoms with Crippen molar-refractivity contribution in [1.29, 1.82) is 0 Å². The van der Waals surface area contributed by atoms with Gasteiger partial charge in [-0.05, 0) is 19.4 Å². The van der Waals surface area contributed by atoms with Gasteiger partial charge in [0, 0.05) is 26.1 Å². The Hall–Kier alpha value is -1.27. The lowest BCUT2D eigenvalue weighted by atomic mass is 10.3. The molecule has 82 valence electrons. The molecule has 0 atom stereocenters. The molecule has 0 aliphatic rings. The normalized spacial score (nSPS) is 10.2. The molecule has 0 aromatic carbocycles. The van der Waals surface area contributed by atoms with E-state index >= 15 is 0 Å². The second-order valence-corrected chi connectivity index (χ2v) is 3.43. The first-order chi connectivity index (χ1) is 7.31. The highest BCUT2D eigenvalue weighted by Gasteiger charge is 2.04. The number of aromatic nitrogens is 2. The van der Waals surface area contributed by atoms with E-state index in [2.05, 4.69) is 36.2 Å². The fraction of sp³-hybridized carbons (Fsp3) is 0.583. The number of nitrogens with zero attached hydrogens (tertiary/aromatic N) is 2. The van der Waals surface area contributed by atoms with Crippen LogP contribution in [-0.2, 0) is 19.5 Å². The summed E-state index contributed by atoms with van der Waals surface area (Å²) in [6.45, 7) is 6.87. The Balaban J connectivity index is 2.51. The molecule has 0 saturated carbocycles. The number of hydrogen-bond donors (Lipinski definition) is 1. The predicted octanol–water partition coefficient (Wildman–Crippen LogP) is 1.58. The average Bonchev–Trinajstić information content (AvgIpc) is 2.67. The van der Waals surface area contributed by atoms with Gasteiger partial charge >= 0.3 is 0 Å². The lowest BCUT2D eigenvalue weighted by molar-refractivity contribution is 0.581. The lowest BCUT2D eigenvalue weighted by Gasteiger charge is -2.04. The summed E-state index contributed by atoms with van der Waals surface area (Å²) in [6, 6.07) is 2.16. The van der Waals surface area contributed by atoms with Gasteiger partial charge in [0.15, 0.2) is 0 Å². The molecule has 3 nitrogen and oxygen atoms in total. The first-order valence-electron chi connectivity index (χ1n) is 5.51. The summed E-state index contributed by atoms with van der Waals surface area (Å²) in [5.74, 6) is 2.61. The summed E-state index contributed by atoms with van der Waals surface area (Å²) >= 11 is 0. The minimum atomic E-state index is 0.779. The zero-order valence-corrected chi connectivity index (χ0v) is 9.58. The second-order valence-electron chi connectivity index (χ2n) is 3.43. The molecule has 1 heterocycles. The minimum Gasteiger partial charge on any atom is -0.310 e. The van der Waals surface area contributed by atoms with Crippen LogP contribution < -0.4 is 5.32 Å². The Morgan fingerprint density at radius 3 is 2.93 bits per heavy atom. The molecule has 1 aromatic rings. The van der Waals surface area contributed by atoms with Crippen LogP contribution in [0, 0.1) is 12.3 Å². The van der Waals surface area contributed by atoms with Gasteiger partial charge < -0.3 is 5.32 Å². The first-order valence-corrected chi connectivity index (χ1v) is 5.51. The van der Waals surface area contributed by atoms with Gasteiger partial charge in [0.2, 0.25) is 0 Å². The van der Waals surface area contributed by atoms with Crippen molar-refractivity contribution in [2.24, 2.45) is 0 Å². The van der Waals surface area contributed by atoms with Crippen LogP contribution in [-0.4, -0.2) is 16.3 Å². The van der Waals surface area contributed by atoms with Gasteiger partial charge in [0.25, 0.3) is 0 Å². The van der Waals surface area contributed by atoms with Crippen LogP contribution in [0.15, 0.2) is 6.07 Å². The zero-order valence-electron chi connectivity index (χ0n) is 9.58. The quantitative estimate of drug-likeness (QED) is 0.564. The molecule has 0 unspecified atom stereocenters. The highest BCUT2D eigenvalue weighted by molar-refractivity contribution is 5.10. The number of rotatable bonds is 6. The van der Waals surface area contributed by atoms with Gasteiger partial charge in [-0.25, -0.2) is 0 Å². The molecule has 0 bridgehead atoms. The summed E-state index contributed by atoms with van der Waals surface area (Å²) in [7, 11) is 0. The Kier molecular flexibility index (Phi) is 4.92. The van der Waals surface area contributed by atoms with E-state index in [1.807, 2.05) is 4.68 Å². The maximum Gasteiger partial charge on any atom is 0.0625 e. The molecule has 3 heteroatoms. The van der Waals surface area contributed by atoms with Crippen molar-refractivity contribution >= 4 is 0 Å². The van der Waals surface area contributed by atoms with Crippen molar-refractivity contribution in [3.05, 3.63) is 17.5 Å². The molecule has 1 N–H and O–H groups in total. The summed E-state index contributed by atoms with van der Waals surface area (Å²) in [4.78, 5) is 0. The monoisotopic (exact) mass is 205 g/mol. The topological polar surface area (TPSA) is 29.9 Å². The van der Waals surface area contributed by atoms with Gasteiger partial charge in [-0.2, -0.15) is 5.10 Å². The van der Waals surface area contributed by atoms with E-state index in [0.29, 0.717) is 0 Å². The molecule has 0 saturated heterocycles. The maximum atomic E-state index is 5.18. The number of hydrogen-bond acceptors (Lipinski definition) is 2. The van der Waals surface area contributed by atoms with Gasteiger partial charge in [-0.1, -0.05) is 6.92 Å². The summed E-state index contributed by atoms with van der Waals surface area (Å²) < 4.78 is 2.04. The third-order valence-corrected chi connectivity index (χ3v) is 2.33. The van der Waals surface area contributed by atoms with Crippen LogP contribution in [0.3, 0.4) is 0 Å². The van der Waals surface area contributed by atoms with E-state index in [9.17, 15) is 0 Å². The fourth-order valence-electron chi connectivity index (χ4n) is 1.48. The van der Waals surface area contributed by atoms with E-state index in [0.717, 1.165) is 38.2 Å². The zero-order chi connectivity index (χ0) is 11.1. The Morgan fingerprint density at radius 2 is 2.33 bits per heavy atom. The van der Waals surface area contributed by atoms with Crippen LogP contribution in [0.4, 0.5) is 0 Å². The van der Waals surface area contributed by atoms with Crippen molar-refractivity contribution in [3.63, 3.8) is 0 Å². The number of nitrogens with one attached hydrogen (secondary N) is 1. The molecular formula is C12H19N3. The molecule has 0 aliphatic carbocycles. The smallest absolute Gasteiger partial charge is 0.0625 e. The fourth-order valence-corrected chi connectivity index (χ4v) is 1.48. The van der Waals surface area contributed by atoms with Crippen molar-refractivity contribution in [3.8, 4) is 12.3 Å². The van der Waals surface area contributed by atoms with Crippen LogP contribution in [0.1, 0.15) is 31.7 Å². The molecule has 15 heavy (non-hydrogen) atoms. The van der Waals surface area contributed by atoms with Gasteiger partial charge in [0.05, 0.1) is 11.4 Å². The molecule has 0 aliphatic heterocycles. The summed E-state index contributed by atoms with van der Waals surface area (Å²) in [5, 5.41) is 7.79. The van der Waals surface area contributed by atoms with Crippen molar-refractivity contribution in [2.45, 2.75) is 39.8 Å². The van der Waals surface area contributed by atoms with Crippen LogP contribution in [0.5, 0.6) is 0 Å². The van der Waals surface area contributed by atoms with Crippen LogP contribution >= 0.6 is 0 Å². The predicted molar refractivity (Wildman–Crippen MR) is 62.4 cm³/mol. The standard InChI is InChI=1S/C12H19N3/c1-4-7-8-13-10-12-9-11(5-2)14-15(12)6-3/h1,9,13H,5-8,10H2,2-3H3. The maximum absolute atomic E-state index is 5.18. The molecule has 1 rings (SSSR count). The largest absolute Gasteiger partial charge is 0.310 e. The highest BCUT2D eigenvalue weighted by Crippen LogP contribution is 2.05. The molecule has 0 amide bonds. The Bertz CT molecular complexity index is 333. The number of aryl methyl sites for hydroxylation is 2. The number of terminal acetylenes is 1. The van der Waals surface area contributed by atoms with Gasteiger partial charge in [0.1, 0.15) is 0 Å². The SMILES string of the molecule is C#CCCNCc1cc(CC)nn1CC.